The van der Waals surface area contributed by atoms with Crippen LogP contribution in [0.5, 0.6) is 0 Å². The molecule has 0 bridgehead atoms. The lowest BCUT2D eigenvalue weighted by Crippen LogP contribution is -2.39. The molecule has 0 unspecified atom stereocenters. The van der Waals surface area contributed by atoms with E-state index in [2.05, 4.69) is 17.1 Å². The minimum absolute atomic E-state index is 0.0615. The number of H-pyrrole nitrogens is 1. The van der Waals surface area contributed by atoms with Crippen molar-refractivity contribution >= 4 is 5.91 Å². The Balaban J connectivity index is 1.87. The first-order chi connectivity index (χ1) is 8.72. The Labute approximate surface area is 109 Å². The van der Waals surface area contributed by atoms with Crippen LogP contribution in [0.3, 0.4) is 0 Å². The fourth-order valence-electron chi connectivity index (χ4n) is 2.96. The maximum Gasteiger partial charge on any atom is 0.271 e. The molecular weight excluding hydrogens is 226 g/mol. The molecule has 18 heavy (non-hydrogen) atoms. The lowest BCUT2D eigenvalue weighted by Gasteiger charge is -2.34. The molecule has 1 saturated carbocycles. The van der Waals surface area contributed by atoms with Gasteiger partial charge in [-0.2, -0.15) is 5.10 Å². The highest BCUT2D eigenvalue weighted by Crippen LogP contribution is 2.30. The number of amides is 1. The van der Waals surface area contributed by atoms with Gasteiger partial charge in [-0.1, -0.05) is 19.8 Å². The van der Waals surface area contributed by atoms with Gasteiger partial charge in [-0.15, -0.1) is 0 Å². The first-order valence-corrected chi connectivity index (χ1v) is 6.99. The van der Waals surface area contributed by atoms with Crippen molar-refractivity contribution in [2.45, 2.75) is 51.5 Å². The van der Waals surface area contributed by atoms with Gasteiger partial charge < -0.3 is 4.90 Å². The van der Waals surface area contributed by atoms with Gasteiger partial charge >= 0.3 is 0 Å². The van der Waals surface area contributed by atoms with E-state index in [4.69, 9.17) is 0 Å². The predicted molar refractivity (Wildman–Crippen MR) is 71.3 cm³/mol. The van der Waals surface area contributed by atoms with Gasteiger partial charge in [0, 0.05) is 19.3 Å². The van der Waals surface area contributed by atoms with Gasteiger partial charge in [0.2, 0.25) is 0 Å². The molecule has 0 spiro atoms. The summed E-state index contributed by atoms with van der Waals surface area (Å²) >= 11 is 0. The molecule has 4 heteroatoms. The Bertz CT molecular complexity index is 366. The monoisotopic (exact) mass is 249 g/mol. The number of rotatable bonds is 4. The average molecular weight is 249 g/mol. The van der Waals surface area contributed by atoms with Crippen molar-refractivity contribution in [1.29, 1.82) is 0 Å². The van der Waals surface area contributed by atoms with Gasteiger partial charge in [0.1, 0.15) is 5.69 Å². The second kappa shape index (κ2) is 6.03. The number of aromatic nitrogens is 2. The van der Waals surface area contributed by atoms with E-state index in [9.17, 15) is 4.79 Å². The van der Waals surface area contributed by atoms with Crippen LogP contribution in [0.2, 0.25) is 0 Å². The molecule has 0 aliphatic heterocycles. The third kappa shape index (κ3) is 2.92. The number of nitrogens with zero attached hydrogens (tertiary/aromatic N) is 2. The minimum atomic E-state index is 0.0615. The van der Waals surface area contributed by atoms with Crippen LogP contribution in [0.25, 0.3) is 0 Å². The maximum absolute atomic E-state index is 12.2. The van der Waals surface area contributed by atoms with Crippen LogP contribution in [0.15, 0.2) is 12.3 Å². The van der Waals surface area contributed by atoms with Crippen LogP contribution in [0.4, 0.5) is 0 Å². The fraction of sp³-hybridized carbons (Fsp3) is 0.714. The molecule has 1 heterocycles. The number of hydrogen-bond acceptors (Lipinski definition) is 2. The first kappa shape index (κ1) is 13.1. The quantitative estimate of drug-likeness (QED) is 0.892. The van der Waals surface area contributed by atoms with Crippen molar-refractivity contribution in [2.75, 3.05) is 7.05 Å². The summed E-state index contributed by atoms with van der Waals surface area (Å²) in [6, 6.07) is 2.13. The lowest BCUT2D eigenvalue weighted by molar-refractivity contribution is 0.0667. The molecule has 1 amide bonds. The third-order valence-electron chi connectivity index (χ3n) is 4.11. The highest BCUT2D eigenvalue weighted by molar-refractivity contribution is 5.92. The molecular formula is C14H23N3O. The van der Waals surface area contributed by atoms with E-state index in [1.54, 1.807) is 12.3 Å². The van der Waals surface area contributed by atoms with E-state index in [-0.39, 0.29) is 5.91 Å². The van der Waals surface area contributed by atoms with E-state index in [0.29, 0.717) is 11.7 Å². The summed E-state index contributed by atoms with van der Waals surface area (Å²) in [5.41, 5.74) is 0.591. The SMILES string of the molecule is CCCC1CCC(N(C)C(=O)c2ccn[nH]2)CC1. The van der Waals surface area contributed by atoms with Gasteiger partial charge in [0.05, 0.1) is 0 Å². The predicted octanol–water partition coefficient (Wildman–Crippen LogP) is 2.84. The highest BCUT2D eigenvalue weighted by Gasteiger charge is 2.26. The Morgan fingerprint density at radius 3 is 2.72 bits per heavy atom. The third-order valence-corrected chi connectivity index (χ3v) is 4.11. The molecule has 1 fully saturated rings. The highest BCUT2D eigenvalue weighted by atomic mass is 16.2. The first-order valence-electron chi connectivity index (χ1n) is 6.99. The van der Waals surface area contributed by atoms with Gasteiger partial charge in [-0.25, -0.2) is 0 Å². The summed E-state index contributed by atoms with van der Waals surface area (Å²) in [5.74, 6) is 0.938. The van der Waals surface area contributed by atoms with Crippen LogP contribution in [0, 0.1) is 5.92 Å². The molecule has 1 aromatic rings. The molecule has 0 aromatic carbocycles. The molecule has 1 N–H and O–H groups in total. The van der Waals surface area contributed by atoms with E-state index in [0.717, 1.165) is 18.8 Å². The Hall–Kier alpha value is -1.32. The number of carbonyl (C=O) groups is 1. The van der Waals surface area contributed by atoms with Gasteiger partial charge in [-0.3, -0.25) is 9.89 Å². The second-order valence-electron chi connectivity index (χ2n) is 5.35. The summed E-state index contributed by atoms with van der Waals surface area (Å²) in [6.07, 6.45) is 9.04. The van der Waals surface area contributed by atoms with Crippen molar-refractivity contribution in [3.8, 4) is 0 Å². The van der Waals surface area contributed by atoms with E-state index in [1.807, 2.05) is 11.9 Å². The smallest absolute Gasteiger partial charge is 0.271 e. The van der Waals surface area contributed by atoms with Crippen LogP contribution in [-0.4, -0.2) is 34.1 Å². The Kier molecular flexibility index (Phi) is 4.39. The van der Waals surface area contributed by atoms with Crippen LogP contribution >= 0.6 is 0 Å². The average Bonchev–Trinajstić information content (AvgIpc) is 2.92. The molecule has 4 nitrogen and oxygen atoms in total. The normalized spacial score (nSPS) is 23.9. The number of nitrogens with one attached hydrogen (secondary N) is 1. The summed E-state index contributed by atoms with van der Waals surface area (Å²) in [7, 11) is 1.91. The summed E-state index contributed by atoms with van der Waals surface area (Å²) in [6.45, 7) is 2.25. The molecule has 0 saturated heterocycles. The standard InChI is InChI=1S/C14H23N3O/c1-3-4-11-5-7-12(8-6-11)17(2)14(18)13-9-10-15-16-13/h9-12H,3-8H2,1-2H3,(H,15,16). The molecule has 1 aliphatic rings. The summed E-state index contributed by atoms with van der Waals surface area (Å²) < 4.78 is 0. The van der Waals surface area contributed by atoms with Crippen molar-refractivity contribution in [3.05, 3.63) is 18.0 Å². The molecule has 2 rings (SSSR count). The van der Waals surface area contributed by atoms with Crippen molar-refractivity contribution in [1.82, 2.24) is 15.1 Å². The molecule has 1 aliphatic carbocycles. The van der Waals surface area contributed by atoms with Gasteiger partial charge in [0.25, 0.3) is 5.91 Å². The molecule has 100 valence electrons. The van der Waals surface area contributed by atoms with Gasteiger partial charge in [-0.05, 0) is 37.7 Å². The van der Waals surface area contributed by atoms with Crippen LogP contribution < -0.4 is 0 Å². The molecule has 0 atom stereocenters. The zero-order valence-electron chi connectivity index (χ0n) is 11.4. The van der Waals surface area contributed by atoms with E-state index < -0.39 is 0 Å². The molecule has 0 radical (unpaired) electrons. The Morgan fingerprint density at radius 2 is 2.17 bits per heavy atom. The lowest BCUT2D eigenvalue weighted by atomic mass is 9.83. The van der Waals surface area contributed by atoms with E-state index >= 15 is 0 Å². The largest absolute Gasteiger partial charge is 0.337 e. The maximum atomic E-state index is 12.2. The zero-order valence-corrected chi connectivity index (χ0v) is 11.4. The number of aromatic amines is 1. The zero-order chi connectivity index (χ0) is 13.0. The summed E-state index contributed by atoms with van der Waals surface area (Å²) in [4.78, 5) is 14.1. The second-order valence-corrected chi connectivity index (χ2v) is 5.35. The van der Waals surface area contributed by atoms with Crippen molar-refractivity contribution < 1.29 is 4.79 Å². The van der Waals surface area contributed by atoms with Crippen LogP contribution in [-0.2, 0) is 0 Å². The fourth-order valence-corrected chi connectivity index (χ4v) is 2.96. The minimum Gasteiger partial charge on any atom is -0.337 e. The summed E-state index contributed by atoms with van der Waals surface area (Å²) in [5, 5.41) is 6.58. The van der Waals surface area contributed by atoms with Gasteiger partial charge in [0.15, 0.2) is 0 Å². The van der Waals surface area contributed by atoms with Crippen molar-refractivity contribution in [2.24, 2.45) is 5.92 Å². The van der Waals surface area contributed by atoms with E-state index in [1.165, 1.54) is 25.7 Å². The van der Waals surface area contributed by atoms with Crippen molar-refractivity contribution in [3.63, 3.8) is 0 Å². The van der Waals surface area contributed by atoms with Crippen LogP contribution in [0.1, 0.15) is 55.9 Å². The number of carbonyl (C=O) groups excluding carboxylic acids is 1. The molecule has 1 aromatic heterocycles. The topological polar surface area (TPSA) is 49.0 Å². The Morgan fingerprint density at radius 1 is 1.44 bits per heavy atom. The number of hydrogen-bond donors (Lipinski definition) is 1.